The zero-order chi connectivity index (χ0) is 18.7. The highest BCUT2D eigenvalue weighted by molar-refractivity contribution is 6.03. The van der Waals surface area contributed by atoms with Crippen LogP contribution in [0.4, 0.5) is 0 Å². The lowest BCUT2D eigenvalue weighted by Gasteiger charge is -2.22. The molecule has 136 valence electrons. The van der Waals surface area contributed by atoms with Crippen LogP contribution in [0.5, 0.6) is 0 Å². The van der Waals surface area contributed by atoms with Crippen molar-refractivity contribution in [3.63, 3.8) is 0 Å². The Balaban J connectivity index is 1.84. The largest absolute Gasteiger partial charge is 0.457 e. The van der Waals surface area contributed by atoms with E-state index in [9.17, 15) is 9.59 Å². The van der Waals surface area contributed by atoms with Gasteiger partial charge in [0.25, 0.3) is 0 Å². The van der Waals surface area contributed by atoms with Crippen LogP contribution in [0.1, 0.15) is 69.4 Å². The van der Waals surface area contributed by atoms with Gasteiger partial charge in [-0.25, -0.2) is 4.79 Å². The quantitative estimate of drug-likeness (QED) is 0.636. The summed E-state index contributed by atoms with van der Waals surface area (Å²) in [7, 11) is 0. The highest BCUT2D eigenvalue weighted by Gasteiger charge is 2.32. The van der Waals surface area contributed by atoms with E-state index in [0.29, 0.717) is 23.2 Å². The molecule has 26 heavy (non-hydrogen) atoms. The van der Waals surface area contributed by atoms with Gasteiger partial charge in [-0.2, -0.15) is 0 Å². The van der Waals surface area contributed by atoms with Crippen molar-refractivity contribution in [2.24, 2.45) is 0 Å². The second-order valence-electron chi connectivity index (χ2n) is 6.77. The number of nitrogens with one attached hydrogen (secondary N) is 1. The number of hydrogen-bond acceptors (Lipinski definition) is 3. The Bertz CT molecular complexity index is 843. The van der Waals surface area contributed by atoms with Crippen LogP contribution >= 0.6 is 0 Å². The minimum Gasteiger partial charge on any atom is -0.457 e. The third kappa shape index (κ3) is 3.50. The highest BCUT2D eigenvalue weighted by Crippen LogP contribution is 2.35. The Kier molecular flexibility index (Phi) is 5.40. The van der Waals surface area contributed by atoms with Gasteiger partial charge in [0, 0.05) is 17.7 Å². The summed E-state index contributed by atoms with van der Waals surface area (Å²) in [5.74, 6) is -0.172. The zero-order valence-corrected chi connectivity index (χ0v) is 15.6. The number of aromatic amines is 1. The third-order valence-electron chi connectivity index (χ3n) is 5.10. The van der Waals surface area contributed by atoms with Crippen molar-refractivity contribution in [2.45, 2.75) is 46.0 Å². The van der Waals surface area contributed by atoms with Crippen molar-refractivity contribution in [3.05, 3.63) is 70.1 Å². The first-order valence-electron chi connectivity index (χ1n) is 9.16. The van der Waals surface area contributed by atoms with Crippen molar-refractivity contribution < 1.29 is 14.3 Å². The molecular weight excluding hydrogens is 326 g/mol. The van der Waals surface area contributed by atoms with Gasteiger partial charge in [0.05, 0.1) is 0 Å². The lowest BCUT2D eigenvalue weighted by atomic mass is 9.81. The minimum absolute atomic E-state index is 0.0945. The number of ketones is 1. The van der Waals surface area contributed by atoms with Gasteiger partial charge in [-0.3, -0.25) is 4.79 Å². The molecule has 0 unspecified atom stereocenters. The fourth-order valence-electron chi connectivity index (χ4n) is 3.59. The number of carbonyl (C=O) groups is 2. The summed E-state index contributed by atoms with van der Waals surface area (Å²) in [6.07, 6.45) is 5.82. The molecule has 3 rings (SSSR count). The molecule has 1 aromatic heterocycles. The number of rotatable bonds is 5. The molecule has 0 saturated carbocycles. The van der Waals surface area contributed by atoms with Crippen LogP contribution in [0.2, 0.25) is 0 Å². The molecule has 0 fully saturated rings. The number of hydrogen-bond donors (Lipinski definition) is 1. The van der Waals surface area contributed by atoms with Crippen LogP contribution in [0.3, 0.4) is 0 Å². The number of benzene rings is 1. The fraction of sp³-hybridized carbons (Fsp3) is 0.364. The van der Waals surface area contributed by atoms with Gasteiger partial charge in [-0.15, -0.1) is 0 Å². The van der Waals surface area contributed by atoms with E-state index in [1.165, 1.54) is 11.1 Å². The van der Waals surface area contributed by atoms with Crippen molar-refractivity contribution in [1.29, 1.82) is 0 Å². The monoisotopic (exact) mass is 351 g/mol. The normalized spacial score (nSPS) is 16.7. The molecule has 0 amide bonds. The summed E-state index contributed by atoms with van der Waals surface area (Å²) >= 11 is 0. The van der Waals surface area contributed by atoms with Gasteiger partial charge in [0.15, 0.2) is 5.78 Å². The van der Waals surface area contributed by atoms with Crippen LogP contribution in [-0.4, -0.2) is 23.3 Å². The van der Waals surface area contributed by atoms with E-state index >= 15 is 0 Å². The zero-order valence-electron chi connectivity index (χ0n) is 15.6. The Hall–Kier alpha value is -2.62. The standard InChI is InChI=1S/C22H25NO3/c1-4-6-11-26-22(25)21-14(3)20-18(23-21)12-17(13-19(20)24)16-9-7-15(5-2)8-10-16/h4,6-10,17,23H,5,11-13H2,1-3H3/b6-4+/t17-/m1/s1. The first-order valence-corrected chi connectivity index (χ1v) is 9.16. The maximum Gasteiger partial charge on any atom is 0.355 e. The van der Waals surface area contributed by atoms with E-state index in [0.717, 1.165) is 18.5 Å². The summed E-state index contributed by atoms with van der Waals surface area (Å²) < 4.78 is 5.23. The number of ether oxygens (including phenoxy) is 1. The molecule has 1 aromatic carbocycles. The van der Waals surface area contributed by atoms with Gasteiger partial charge in [0.2, 0.25) is 0 Å². The molecule has 4 heteroatoms. The Morgan fingerprint density at radius 2 is 2.00 bits per heavy atom. The number of fused-ring (bicyclic) bond motifs is 1. The molecule has 0 saturated heterocycles. The molecule has 1 atom stereocenters. The topological polar surface area (TPSA) is 59.2 Å². The predicted molar refractivity (Wildman–Crippen MR) is 102 cm³/mol. The molecule has 0 aliphatic heterocycles. The van der Waals surface area contributed by atoms with E-state index in [2.05, 4.69) is 36.2 Å². The summed E-state index contributed by atoms with van der Waals surface area (Å²) in [6.45, 7) is 6.05. The average Bonchev–Trinajstić information content (AvgIpc) is 2.99. The van der Waals surface area contributed by atoms with E-state index in [4.69, 9.17) is 4.74 Å². The van der Waals surface area contributed by atoms with Crippen LogP contribution < -0.4 is 0 Å². The number of allylic oxidation sites excluding steroid dienone is 1. The predicted octanol–water partition coefficient (Wildman–Crippen LogP) is 4.53. The number of esters is 1. The van der Waals surface area contributed by atoms with Crippen LogP contribution in [0, 0.1) is 6.92 Å². The van der Waals surface area contributed by atoms with Crippen molar-refractivity contribution >= 4 is 11.8 Å². The number of aryl methyl sites for hydroxylation is 1. The first-order chi connectivity index (χ1) is 12.5. The number of H-pyrrole nitrogens is 1. The second-order valence-corrected chi connectivity index (χ2v) is 6.77. The van der Waals surface area contributed by atoms with Gasteiger partial charge >= 0.3 is 5.97 Å². The maximum absolute atomic E-state index is 12.7. The Labute approximate surface area is 154 Å². The Morgan fingerprint density at radius 1 is 1.27 bits per heavy atom. The van der Waals surface area contributed by atoms with E-state index < -0.39 is 5.97 Å². The first kappa shape index (κ1) is 18.2. The number of Topliss-reactive ketones (excluding diaryl/α,β-unsaturated/α-hetero) is 1. The smallest absolute Gasteiger partial charge is 0.355 e. The molecule has 1 aliphatic carbocycles. The summed E-state index contributed by atoms with van der Waals surface area (Å²) in [5.41, 5.74) is 5.08. The minimum atomic E-state index is -0.411. The van der Waals surface area contributed by atoms with Gasteiger partial charge < -0.3 is 9.72 Å². The van der Waals surface area contributed by atoms with E-state index in [1.54, 1.807) is 6.08 Å². The molecule has 1 N–H and O–H groups in total. The lowest BCUT2D eigenvalue weighted by molar-refractivity contribution is 0.0542. The number of aromatic nitrogens is 1. The molecule has 0 radical (unpaired) electrons. The molecule has 0 spiro atoms. The molecule has 1 aliphatic rings. The van der Waals surface area contributed by atoms with Crippen LogP contribution in [-0.2, 0) is 17.6 Å². The summed E-state index contributed by atoms with van der Waals surface area (Å²) in [5, 5.41) is 0. The van der Waals surface area contributed by atoms with E-state index in [1.807, 2.05) is 19.9 Å². The number of carbonyl (C=O) groups excluding carboxylic acids is 2. The Morgan fingerprint density at radius 3 is 2.65 bits per heavy atom. The lowest BCUT2D eigenvalue weighted by Crippen LogP contribution is -2.18. The van der Waals surface area contributed by atoms with Crippen molar-refractivity contribution in [1.82, 2.24) is 4.98 Å². The van der Waals surface area contributed by atoms with E-state index in [-0.39, 0.29) is 18.3 Å². The molecule has 2 aromatic rings. The third-order valence-corrected chi connectivity index (χ3v) is 5.10. The summed E-state index contributed by atoms with van der Waals surface area (Å²) in [4.78, 5) is 28.2. The molecule has 4 nitrogen and oxygen atoms in total. The summed E-state index contributed by atoms with van der Waals surface area (Å²) in [6, 6.07) is 8.48. The van der Waals surface area contributed by atoms with Crippen LogP contribution in [0.15, 0.2) is 36.4 Å². The molecule has 0 bridgehead atoms. The van der Waals surface area contributed by atoms with Crippen molar-refractivity contribution in [3.8, 4) is 0 Å². The SMILES string of the molecule is C/C=C/COC(=O)c1[nH]c2c(c1C)C(=O)C[C@H](c1ccc(CC)cc1)C2. The fourth-order valence-corrected chi connectivity index (χ4v) is 3.59. The van der Waals surface area contributed by atoms with Gasteiger partial charge in [-0.1, -0.05) is 43.3 Å². The second kappa shape index (κ2) is 7.73. The average molecular weight is 351 g/mol. The maximum atomic E-state index is 12.7. The molecular formula is C22H25NO3. The van der Waals surface area contributed by atoms with Gasteiger partial charge in [-0.05, 0) is 49.3 Å². The van der Waals surface area contributed by atoms with Gasteiger partial charge in [0.1, 0.15) is 12.3 Å². The van der Waals surface area contributed by atoms with Crippen molar-refractivity contribution in [2.75, 3.05) is 6.61 Å². The van der Waals surface area contributed by atoms with Crippen LogP contribution in [0.25, 0.3) is 0 Å². The molecule has 1 heterocycles. The highest BCUT2D eigenvalue weighted by atomic mass is 16.5.